The highest BCUT2D eigenvalue weighted by atomic mass is 16.2. The predicted molar refractivity (Wildman–Crippen MR) is 90.8 cm³/mol. The Balaban J connectivity index is 1.41. The van der Waals surface area contributed by atoms with Gasteiger partial charge in [-0.3, -0.25) is 9.48 Å². The lowest BCUT2D eigenvalue weighted by Gasteiger charge is -2.33. The second-order valence-corrected chi connectivity index (χ2v) is 6.78. The zero-order valence-corrected chi connectivity index (χ0v) is 14.1. The molecule has 2 aliphatic rings. The van der Waals surface area contributed by atoms with Gasteiger partial charge >= 0.3 is 0 Å². The van der Waals surface area contributed by atoms with E-state index in [9.17, 15) is 4.79 Å². The van der Waals surface area contributed by atoms with Crippen molar-refractivity contribution in [3.05, 3.63) is 30.6 Å². The van der Waals surface area contributed by atoms with Gasteiger partial charge in [-0.2, -0.15) is 5.10 Å². The molecule has 1 amide bonds. The minimum absolute atomic E-state index is 0.107. The van der Waals surface area contributed by atoms with Crippen molar-refractivity contribution in [1.82, 2.24) is 24.6 Å². The van der Waals surface area contributed by atoms with E-state index < -0.39 is 0 Å². The topological polar surface area (TPSA) is 68.0 Å². The number of aryl methyl sites for hydroxylation is 2. The Morgan fingerprint density at radius 1 is 1.29 bits per heavy atom. The number of aromatic nitrogens is 4. The molecule has 4 heterocycles. The Morgan fingerprint density at radius 2 is 2.17 bits per heavy atom. The van der Waals surface area contributed by atoms with E-state index in [1.54, 1.807) is 10.9 Å². The van der Waals surface area contributed by atoms with Crippen molar-refractivity contribution in [2.75, 3.05) is 18.0 Å². The first-order valence-corrected chi connectivity index (χ1v) is 8.77. The summed E-state index contributed by atoms with van der Waals surface area (Å²) in [4.78, 5) is 19.2. The van der Waals surface area contributed by atoms with E-state index in [0.717, 1.165) is 50.4 Å². The molecule has 1 N–H and O–H groups in total. The van der Waals surface area contributed by atoms with Crippen molar-refractivity contribution in [3.63, 3.8) is 0 Å². The first kappa shape index (κ1) is 15.4. The number of nitrogens with zero attached hydrogens (tertiary/aromatic N) is 5. The number of anilines is 1. The fourth-order valence-electron chi connectivity index (χ4n) is 3.85. The van der Waals surface area contributed by atoms with Crippen molar-refractivity contribution in [1.29, 1.82) is 0 Å². The minimum atomic E-state index is -0.107. The number of hydrogen-bond acceptors (Lipinski definition) is 4. The third-order valence-electron chi connectivity index (χ3n) is 5.12. The molecule has 1 saturated heterocycles. The Labute approximate surface area is 141 Å². The van der Waals surface area contributed by atoms with Gasteiger partial charge in [-0.25, -0.2) is 4.98 Å². The lowest BCUT2D eigenvalue weighted by molar-refractivity contribution is -0.121. The number of fused-ring (bicyclic) bond motifs is 1. The molecule has 0 bridgehead atoms. The fourth-order valence-corrected chi connectivity index (χ4v) is 3.85. The number of amides is 1. The standard InChI is InChI=1S/C17H24N6O/c1-21-12-14(11-20-21)23-8-3-5-15(17(23)24)19-10-13-4-2-7-22-9-6-18-16(13)22/h6,9,11-13,15,19H,2-5,7-8,10H2,1H3/t13-,15+/m1/s1. The second kappa shape index (κ2) is 6.39. The maximum Gasteiger partial charge on any atom is 0.244 e. The third kappa shape index (κ3) is 2.84. The first-order valence-electron chi connectivity index (χ1n) is 8.77. The van der Waals surface area contributed by atoms with Gasteiger partial charge in [-0.05, 0) is 25.7 Å². The van der Waals surface area contributed by atoms with Crippen LogP contribution in [0.4, 0.5) is 5.69 Å². The highest BCUT2D eigenvalue weighted by Gasteiger charge is 2.31. The van der Waals surface area contributed by atoms with Crippen LogP contribution in [-0.2, 0) is 18.4 Å². The number of nitrogens with one attached hydrogen (secondary N) is 1. The number of hydrogen-bond donors (Lipinski definition) is 1. The van der Waals surface area contributed by atoms with Gasteiger partial charge in [0.15, 0.2) is 0 Å². The van der Waals surface area contributed by atoms with Gasteiger partial charge in [0.1, 0.15) is 5.82 Å². The van der Waals surface area contributed by atoms with Crippen molar-refractivity contribution >= 4 is 11.6 Å². The average molecular weight is 328 g/mol. The molecule has 0 spiro atoms. The number of piperidine rings is 1. The van der Waals surface area contributed by atoms with E-state index >= 15 is 0 Å². The van der Waals surface area contributed by atoms with Gasteiger partial charge in [0.05, 0.1) is 17.9 Å². The second-order valence-electron chi connectivity index (χ2n) is 6.78. The van der Waals surface area contributed by atoms with Gasteiger partial charge < -0.3 is 14.8 Å². The van der Waals surface area contributed by atoms with Crippen LogP contribution < -0.4 is 10.2 Å². The Hall–Kier alpha value is -2.15. The monoisotopic (exact) mass is 328 g/mol. The molecule has 1 fully saturated rings. The lowest BCUT2D eigenvalue weighted by atomic mass is 9.97. The van der Waals surface area contributed by atoms with E-state index in [4.69, 9.17) is 0 Å². The zero-order chi connectivity index (χ0) is 16.5. The van der Waals surface area contributed by atoms with Gasteiger partial charge in [-0.1, -0.05) is 0 Å². The molecule has 2 aromatic rings. The van der Waals surface area contributed by atoms with Crippen LogP contribution >= 0.6 is 0 Å². The molecule has 0 saturated carbocycles. The predicted octanol–water partition coefficient (Wildman–Crippen LogP) is 1.28. The van der Waals surface area contributed by atoms with E-state index in [1.807, 2.05) is 24.3 Å². The zero-order valence-electron chi connectivity index (χ0n) is 14.1. The van der Waals surface area contributed by atoms with Crippen LogP contribution in [0.3, 0.4) is 0 Å². The van der Waals surface area contributed by atoms with Crippen LogP contribution in [0.5, 0.6) is 0 Å². The van der Waals surface area contributed by atoms with Crippen molar-refractivity contribution in [2.24, 2.45) is 7.05 Å². The summed E-state index contributed by atoms with van der Waals surface area (Å²) in [6.45, 7) is 2.65. The van der Waals surface area contributed by atoms with E-state index in [0.29, 0.717) is 5.92 Å². The molecule has 0 aliphatic carbocycles. The Bertz CT molecular complexity index is 720. The summed E-state index contributed by atoms with van der Waals surface area (Å²) in [5.41, 5.74) is 0.891. The Morgan fingerprint density at radius 3 is 3.00 bits per heavy atom. The summed E-state index contributed by atoms with van der Waals surface area (Å²) in [5, 5.41) is 7.69. The summed E-state index contributed by atoms with van der Waals surface area (Å²) in [7, 11) is 1.87. The van der Waals surface area contributed by atoms with Gasteiger partial charge in [-0.15, -0.1) is 0 Å². The molecule has 4 rings (SSSR count). The molecule has 24 heavy (non-hydrogen) atoms. The Kier molecular flexibility index (Phi) is 4.10. The molecule has 2 aromatic heterocycles. The summed E-state index contributed by atoms with van der Waals surface area (Å²) in [6, 6.07) is -0.107. The largest absolute Gasteiger partial charge is 0.335 e. The van der Waals surface area contributed by atoms with E-state index in [-0.39, 0.29) is 11.9 Å². The quantitative estimate of drug-likeness (QED) is 0.918. The van der Waals surface area contributed by atoms with Crippen LogP contribution in [0.15, 0.2) is 24.8 Å². The SMILES string of the molecule is Cn1cc(N2CCC[C@H](NC[C@H]3CCCn4ccnc43)C2=O)cn1. The van der Waals surface area contributed by atoms with Crippen molar-refractivity contribution in [2.45, 2.75) is 44.2 Å². The smallest absolute Gasteiger partial charge is 0.244 e. The summed E-state index contributed by atoms with van der Waals surface area (Å²) < 4.78 is 3.97. The van der Waals surface area contributed by atoms with Crippen molar-refractivity contribution < 1.29 is 4.79 Å². The number of carbonyl (C=O) groups excluding carboxylic acids is 1. The maximum absolute atomic E-state index is 12.8. The highest BCUT2D eigenvalue weighted by Crippen LogP contribution is 2.26. The normalized spacial score (nSPS) is 24.2. The maximum atomic E-state index is 12.8. The van der Waals surface area contributed by atoms with Crippen LogP contribution in [0.1, 0.15) is 37.4 Å². The average Bonchev–Trinajstić information content (AvgIpc) is 3.23. The molecular weight excluding hydrogens is 304 g/mol. The van der Waals surface area contributed by atoms with Gasteiger partial charge in [0.2, 0.25) is 5.91 Å². The van der Waals surface area contributed by atoms with Crippen LogP contribution in [0, 0.1) is 0 Å². The van der Waals surface area contributed by atoms with E-state index in [1.165, 1.54) is 6.42 Å². The molecule has 0 aromatic carbocycles. The van der Waals surface area contributed by atoms with Crippen LogP contribution in [0.25, 0.3) is 0 Å². The summed E-state index contributed by atoms with van der Waals surface area (Å²) in [5.74, 6) is 1.71. The molecule has 2 aliphatic heterocycles. The van der Waals surface area contributed by atoms with Crippen LogP contribution in [-0.4, -0.2) is 44.4 Å². The number of rotatable bonds is 4. The molecule has 7 heteroatoms. The molecule has 2 atom stereocenters. The lowest BCUT2D eigenvalue weighted by Crippen LogP contribution is -2.51. The van der Waals surface area contributed by atoms with Crippen LogP contribution in [0.2, 0.25) is 0 Å². The highest BCUT2D eigenvalue weighted by molar-refractivity contribution is 5.97. The van der Waals surface area contributed by atoms with E-state index in [2.05, 4.69) is 26.2 Å². The van der Waals surface area contributed by atoms with Crippen molar-refractivity contribution in [3.8, 4) is 0 Å². The molecular formula is C17H24N6O. The molecule has 128 valence electrons. The number of carbonyl (C=O) groups is 1. The summed E-state index contributed by atoms with van der Waals surface area (Å²) in [6.07, 6.45) is 11.8. The molecule has 0 radical (unpaired) electrons. The summed E-state index contributed by atoms with van der Waals surface area (Å²) >= 11 is 0. The minimum Gasteiger partial charge on any atom is -0.335 e. The number of imidazole rings is 1. The molecule has 0 unspecified atom stereocenters. The fraction of sp³-hybridized carbons (Fsp3) is 0.588. The molecule has 7 nitrogen and oxygen atoms in total. The van der Waals surface area contributed by atoms with Gasteiger partial charge in [0, 0.05) is 51.2 Å². The van der Waals surface area contributed by atoms with Gasteiger partial charge in [0.25, 0.3) is 0 Å². The third-order valence-corrected chi connectivity index (χ3v) is 5.12. The first-order chi connectivity index (χ1) is 11.7.